The number of carbonyl (C=O) groups is 1. The van der Waals surface area contributed by atoms with Crippen LogP contribution in [0.1, 0.15) is 21.9 Å². The molecule has 0 atom stereocenters. The molecule has 3 aromatic rings. The van der Waals surface area contributed by atoms with Crippen LogP contribution < -0.4 is 5.32 Å². The van der Waals surface area contributed by atoms with Crippen molar-refractivity contribution in [1.29, 1.82) is 0 Å². The van der Waals surface area contributed by atoms with Crippen LogP contribution in [-0.2, 0) is 19.6 Å². The molecule has 0 aliphatic carbocycles. The summed E-state index contributed by atoms with van der Waals surface area (Å²) in [4.78, 5) is 12.4. The minimum Gasteiger partial charge on any atom is -0.289 e. The number of nitrogens with zero attached hydrogens (tertiary/aromatic N) is 7. The molecule has 1 N–H and O–H groups in total. The third-order valence-electron chi connectivity index (χ3n) is 3.33. The molecule has 0 aliphatic heterocycles. The number of hydrogen-bond acceptors (Lipinski definition) is 6. The maximum Gasteiger partial charge on any atom is 0.431 e. The second-order valence-corrected chi connectivity index (χ2v) is 4.98. The molecule has 3 rings (SSSR count). The predicted octanol–water partition coefficient (Wildman–Crippen LogP) is 1.25. The van der Waals surface area contributed by atoms with Gasteiger partial charge in [-0.25, -0.2) is 4.68 Å². The lowest BCUT2D eigenvalue weighted by Gasteiger charge is -2.12. The maximum absolute atomic E-state index is 13.3. The van der Waals surface area contributed by atoms with Crippen molar-refractivity contribution >= 4 is 17.5 Å². The minimum absolute atomic E-state index is 0.0206. The van der Waals surface area contributed by atoms with Crippen LogP contribution in [0.3, 0.4) is 0 Å². The first-order chi connectivity index (χ1) is 11.8. The van der Waals surface area contributed by atoms with Crippen molar-refractivity contribution < 1.29 is 18.0 Å². The first kappa shape index (κ1) is 16.5. The molecule has 0 unspecified atom stereocenters. The smallest absolute Gasteiger partial charge is 0.289 e. The Labute approximate surface area is 138 Å². The zero-order valence-corrected chi connectivity index (χ0v) is 12.8. The van der Waals surface area contributed by atoms with Crippen LogP contribution in [-0.4, -0.2) is 40.7 Å². The Balaban J connectivity index is 2.12. The van der Waals surface area contributed by atoms with Crippen molar-refractivity contribution in [3.8, 4) is 0 Å². The number of aromatic nitrogens is 7. The quantitative estimate of drug-likeness (QED) is 0.709. The summed E-state index contributed by atoms with van der Waals surface area (Å²) in [5.41, 5.74) is -1.31. The van der Waals surface area contributed by atoms with E-state index >= 15 is 0 Å². The van der Waals surface area contributed by atoms with Gasteiger partial charge in [-0.1, -0.05) is 11.2 Å². The summed E-state index contributed by atoms with van der Waals surface area (Å²) in [6, 6.07) is 1.83. The average Bonchev–Trinajstić information content (AvgIpc) is 3.13. The summed E-state index contributed by atoms with van der Waals surface area (Å²) in [6.07, 6.45) is -3.18. The van der Waals surface area contributed by atoms with Crippen LogP contribution in [0.25, 0.3) is 5.65 Å². The summed E-state index contributed by atoms with van der Waals surface area (Å²) in [5, 5.41) is 20.4. The monoisotopic (exact) mass is 352 g/mol. The fourth-order valence-corrected chi connectivity index (χ4v) is 2.22. The predicted molar refractivity (Wildman–Crippen MR) is 78.6 cm³/mol. The van der Waals surface area contributed by atoms with E-state index in [2.05, 4.69) is 37.6 Å². The number of amides is 1. The van der Waals surface area contributed by atoms with Gasteiger partial charge in [-0.05, 0) is 22.6 Å². The molecule has 130 valence electrons. The fourth-order valence-electron chi connectivity index (χ4n) is 2.22. The standard InChI is InChI=1S/C13H11F3N8O/c1-3-4-9-18-19-10-7(5-6-8(24(9)10)13(14,15)16)11(25)17-12-20-21-22-23(12)2/h3,5-6H,1,4H2,2H3,(H,17,20,22,25). The molecule has 0 radical (unpaired) electrons. The van der Waals surface area contributed by atoms with Crippen molar-refractivity contribution in [2.24, 2.45) is 7.05 Å². The normalized spacial score (nSPS) is 11.7. The number of carbonyl (C=O) groups excluding carboxylic acids is 1. The molecular formula is C13H11F3N8O. The van der Waals surface area contributed by atoms with Crippen molar-refractivity contribution in [2.75, 3.05) is 5.32 Å². The van der Waals surface area contributed by atoms with E-state index in [1.165, 1.54) is 17.8 Å². The summed E-state index contributed by atoms with van der Waals surface area (Å²) < 4.78 is 41.8. The van der Waals surface area contributed by atoms with E-state index in [0.717, 1.165) is 16.5 Å². The highest BCUT2D eigenvalue weighted by atomic mass is 19.4. The molecule has 9 nitrogen and oxygen atoms in total. The van der Waals surface area contributed by atoms with E-state index < -0.39 is 17.8 Å². The third-order valence-corrected chi connectivity index (χ3v) is 3.33. The Morgan fingerprint density at radius 3 is 2.68 bits per heavy atom. The lowest BCUT2D eigenvalue weighted by atomic mass is 10.2. The Bertz CT molecular complexity index is 958. The van der Waals surface area contributed by atoms with Crippen LogP contribution in [0, 0.1) is 0 Å². The molecule has 1 amide bonds. The first-order valence-electron chi connectivity index (χ1n) is 6.91. The van der Waals surface area contributed by atoms with E-state index in [0.29, 0.717) is 0 Å². The lowest BCUT2D eigenvalue weighted by Crippen LogP contribution is -2.19. The van der Waals surface area contributed by atoms with E-state index in [4.69, 9.17) is 0 Å². The molecular weight excluding hydrogens is 341 g/mol. The number of halogens is 3. The van der Waals surface area contributed by atoms with Crippen molar-refractivity contribution in [3.63, 3.8) is 0 Å². The Morgan fingerprint density at radius 2 is 2.08 bits per heavy atom. The number of anilines is 1. The SMILES string of the molecule is C=CCc1nnc2c(C(=O)Nc3nnnn3C)ccc(C(F)(F)F)n12. The number of tetrazole rings is 1. The van der Waals surface area contributed by atoms with E-state index in [1.807, 2.05) is 0 Å². The van der Waals surface area contributed by atoms with Gasteiger partial charge in [0.25, 0.3) is 5.91 Å². The number of aryl methyl sites for hydroxylation is 1. The second kappa shape index (κ2) is 5.96. The minimum atomic E-state index is -4.64. The molecule has 0 fully saturated rings. The van der Waals surface area contributed by atoms with Crippen LogP contribution in [0.5, 0.6) is 0 Å². The maximum atomic E-state index is 13.3. The fraction of sp³-hybridized carbons (Fsp3) is 0.231. The van der Waals surface area contributed by atoms with Gasteiger partial charge < -0.3 is 0 Å². The molecule has 0 aromatic carbocycles. The summed E-state index contributed by atoms with van der Waals surface area (Å²) in [7, 11) is 1.50. The summed E-state index contributed by atoms with van der Waals surface area (Å²) >= 11 is 0. The van der Waals surface area contributed by atoms with Crippen LogP contribution in [0.4, 0.5) is 19.1 Å². The Hall–Kier alpha value is -3.31. The molecule has 25 heavy (non-hydrogen) atoms. The Kier molecular flexibility index (Phi) is 3.94. The summed E-state index contributed by atoms with van der Waals surface area (Å²) in [5.74, 6) is -0.657. The van der Waals surface area contributed by atoms with Gasteiger partial charge in [0.2, 0.25) is 5.95 Å². The number of alkyl halides is 3. The number of rotatable bonds is 4. The van der Waals surface area contributed by atoms with E-state index in [1.54, 1.807) is 0 Å². The highest BCUT2D eigenvalue weighted by Gasteiger charge is 2.35. The third kappa shape index (κ3) is 2.93. The number of pyridine rings is 1. The van der Waals surface area contributed by atoms with Gasteiger partial charge in [0.1, 0.15) is 11.5 Å². The zero-order chi connectivity index (χ0) is 18.2. The van der Waals surface area contributed by atoms with E-state index in [-0.39, 0.29) is 29.4 Å². The Morgan fingerprint density at radius 1 is 1.32 bits per heavy atom. The number of nitrogens with one attached hydrogen (secondary N) is 1. The lowest BCUT2D eigenvalue weighted by molar-refractivity contribution is -0.142. The van der Waals surface area contributed by atoms with Gasteiger partial charge >= 0.3 is 6.18 Å². The molecule has 0 aliphatic rings. The molecule has 3 heterocycles. The average molecular weight is 352 g/mol. The molecule has 0 saturated heterocycles. The van der Waals surface area contributed by atoms with Gasteiger partial charge in [0, 0.05) is 13.5 Å². The van der Waals surface area contributed by atoms with Gasteiger partial charge in [-0.2, -0.15) is 13.2 Å². The van der Waals surface area contributed by atoms with E-state index in [9.17, 15) is 18.0 Å². The zero-order valence-electron chi connectivity index (χ0n) is 12.8. The number of fused-ring (bicyclic) bond motifs is 1. The molecule has 3 aromatic heterocycles. The van der Waals surface area contributed by atoms with Crippen molar-refractivity contribution in [1.82, 2.24) is 34.8 Å². The van der Waals surface area contributed by atoms with Gasteiger partial charge in [-0.15, -0.1) is 16.8 Å². The van der Waals surface area contributed by atoms with Gasteiger partial charge in [0.15, 0.2) is 5.65 Å². The number of hydrogen-bond donors (Lipinski definition) is 1. The topological polar surface area (TPSA) is 103 Å². The highest BCUT2D eigenvalue weighted by Crippen LogP contribution is 2.31. The molecule has 0 bridgehead atoms. The van der Waals surface area contributed by atoms with Crippen LogP contribution >= 0.6 is 0 Å². The van der Waals surface area contributed by atoms with Gasteiger partial charge in [-0.3, -0.25) is 14.5 Å². The molecule has 0 saturated carbocycles. The van der Waals surface area contributed by atoms with Gasteiger partial charge in [0.05, 0.1) is 5.56 Å². The molecule has 0 spiro atoms. The van der Waals surface area contributed by atoms with Crippen LogP contribution in [0.15, 0.2) is 24.8 Å². The van der Waals surface area contributed by atoms with Crippen molar-refractivity contribution in [2.45, 2.75) is 12.6 Å². The molecule has 12 heteroatoms. The largest absolute Gasteiger partial charge is 0.431 e. The first-order valence-corrected chi connectivity index (χ1v) is 6.91. The highest BCUT2D eigenvalue weighted by molar-refractivity contribution is 6.07. The summed E-state index contributed by atoms with van der Waals surface area (Å²) in [6.45, 7) is 3.48. The van der Waals surface area contributed by atoms with Crippen LogP contribution in [0.2, 0.25) is 0 Å². The second-order valence-electron chi connectivity index (χ2n) is 4.98. The van der Waals surface area contributed by atoms with Crippen molar-refractivity contribution in [3.05, 3.63) is 41.9 Å². The number of allylic oxidation sites excluding steroid dienone is 1.